The topological polar surface area (TPSA) is 42.1 Å². The molecule has 1 aliphatic rings. The Kier molecular flexibility index (Phi) is 2.69. The third kappa shape index (κ3) is 1.98. The summed E-state index contributed by atoms with van der Waals surface area (Å²) in [4.78, 5) is 15.9. The lowest BCUT2D eigenvalue weighted by atomic mass is 9.99. The van der Waals surface area contributed by atoms with E-state index in [2.05, 4.69) is 11.1 Å². The Morgan fingerprint density at radius 2 is 1.95 bits per heavy atom. The summed E-state index contributed by atoms with van der Waals surface area (Å²) in [5.74, 6) is 0.0554. The summed E-state index contributed by atoms with van der Waals surface area (Å²) in [5.41, 5.74) is 5.93. The summed E-state index contributed by atoms with van der Waals surface area (Å²) in [7, 11) is 0. The summed E-state index contributed by atoms with van der Waals surface area (Å²) < 4.78 is 5.41. The van der Waals surface area contributed by atoms with E-state index in [1.165, 1.54) is 11.1 Å². The van der Waals surface area contributed by atoms with Crippen LogP contribution in [-0.2, 0) is 18.0 Å². The molecule has 0 saturated carbocycles. The molecule has 0 saturated heterocycles. The van der Waals surface area contributed by atoms with Gasteiger partial charge in [0, 0.05) is 28.2 Å². The van der Waals surface area contributed by atoms with Crippen molar-refractivity contribution in [3.05, 3.63) is 70.4 Å². The van der Waals surface area contributed by atoms with Crippen LogP contribution in [-0.4, -0.2) is 10.8 Å². The highest BCUT2D eigenvalue weighted by atomic mass is 16.5. The molecule has 3 aromatic rings. The number of ether oxygens (including phenoxy) is 1. The molecule has 0 amide bonds. The molecule has 0 unspecified atom stereocenters. The zero-order valence-electron chi connectivity index (χ0n) is 11.8. The Labute approximate surface area is 122 Å². The molecule has 0 aliphatic carbocycles. The van der Waals surface area contributed by atoms with E-state index < -0.39 is 0 Å². The summed E-state index contributed by atoms with van der Waals surface area (Å²) >= 11 is 0. The minimum Gasteiger partial charge on any atom is -0.372 e. The van der Waals surface area contributed by atoms with Crippen LogP contribution in [0.4, 0.5) is 0 Å². The second-order valence-corrected chi connectivity index (χ2v) is 5.56. The number of H-pyrrole nitrogens is 1. The molecule has 104 valence electrons. The van der Waals surface area contributed by atoms with E-state index >= 15 is 0 Å². The van der Waals surface area contributed by atoms with Crippen LogP contribution < -0.4 is 0 Å². The van der Waals surface area contributed by atoms with Crippen LogP contribution in [0, 0.1) is 6.92 Å². The van der Waals surface area contributed by atoms with Crippen molar-refractivity contribution in [2.45, 2.75) is 20.1 Å². The summed E-state index contributed by atoms with van der Waals surface area (Å²) in [6.45, 7) is 3.29. The fraction of sp³-hybridized carbons (Fsp3) is 0.167. The Hall–Kier alpha value is -2.39. The number of hydrogen-bond acceptors (Lipinski definition) is 2. The van der Waals surface area contributed by atoms with Gasteiger partial charge in [0.25, 0.3) is 0 Å². The monoisotopic (exact) mass is 277 g/mol. The van der Waals surface area contributed by atoms with Crippen LogP contribution in [0.25, 0.3) is 10.9 Å². The summed E-state index contributed by atoms with van der Waals surface area (Å²) in [6, 6.07) is 11.9. The minimum atomic E-state index is 0.0554. The molecule has 3 nitrogen and oxygen atoms in total. The number of aryl methyl sites for hydroxylation is 1. The van der Waals surface area contributed by atoms with Crippen molar-refractivity contribution in [2.24, 2.45) is 0 Å². The number of carbonyl (C=O) groups excluding carboxylic acids is 1. The van der Waals surface area contributed by atoms with Crippen LogP contribution in [0.1, 0.15) is 32.6 Å². The number of hydrogen-bond donors (Lipinski definition) is 1. The normalized spacial score (nSPS) is 13.6. The van der Waals surface area contributed by atoms with E-state index in [-0.39, 0.29) is 5.78 Å². The molecule has 21 heavy (non-hydrogen) atoms. The molecule has 1 N–H and O–H groups in total. The number of ketones is 1. The lowest BCUT2D eigenvalue weighted by molar-refractivity contribution is 0.104. The average Bonchev–Trinajstić information content (AvgIpc) is 3.11. The number of nitrogens with one attached hydrogen (secondary N) is 1. The largest absolute Gasteiger partial charge is 0.372 e. The van der Waals surface area contributed by atoms with Crippen LogP contribution in [0.5, 0.6) is 0 Å². The zero-order chi connectivity index (χ0) is 14.4. The highest BCUT2D eigenvalue weighted by Crippen LogP contribution is 2.25. The van der Waals surface area contributed by atoms with Crippen LogP contribution in [0.2, 0.25) is 0 Å². The van der Waals surface area contributed by atoms with Crippen molar-refractivity contribution in [2.75, 3.05) is 0 Å². The van der Waals surface area contributed by atoms with Gasteiger partial charge in [-0.2, -0.15) is 0 Å². The van der Waals surface area contributed by atoms with Gasteiger partial charge in [0.15, 0.2) is 5.78 Å². The van der Waals surface area contributed by atoms with Crippen molar-refractivity contribution >= 4 is 16.7 Å². The number of benzene rings is 2. The lowest BCUT2D eigenvalue weighted by Crippen LogP contribution is -2.01. The Balaban J connectivity index is 1.79. The quantitative estimate of drug-likeness (QED) is 0.725. The summed E-state index contributed by atoms with van der Waals surface area (Å²) in [5, 5.41) is 0.974. The van der Waals surface area contributed by atoms with Crippen molar-refractivity contribution in [3.63, 3.8) is 0 Å². The molecule has 1 aromatic heterocycles. The van der Waals surface area contributed by atoms with E-state index in [0.29, 0.717) is 13.2 Å². The molecular formula is C18H15NO2. The third-order valence-electron chi connectivity index (χ3n) is 4.07. The number of rotatable bonds is 2. The molecule has 4 rings (SSSR count). The SMILES string of the molecule is Cc1ccc2c(C(=O)c3ccc4c(c3)COC4)c[nH]c2c1. The van der Waals surface area contributed by atoms with Gasteiger partial charge in [-0.15, -0.1) is 0 Å². The predicted octanol–water partition coefficient (Wildman–Crippen LogP) is 3.74. The van der Waals surface area contributed by atoms with Gasteiger partial charge in [0.2, 0.25) is 0 Å². The second-order valence-electron chi connectivity index (χ2n) is 5.56. The minimum absolute atomic E-state index is 0.0554. The first kappa shape index (κ1) is 12.4. The maximum atomic E-state index is 12.7. The van der Waals surface area contributed by atoms with Crippen LogP contribution in [0.3, 0.4) is 0 Å². The first-order valence-electron chi connectivity index (χ1n) is 7.04. The van der Waals surface area contributed by atoms with Crippen molar-refractivity contribution in [3.8, 4) is 0 Å². The smallest absolute Gasteiger partial charge is 0.195 e. The van der Waals surface area contributed by atoms with Gasteiger partial charge in [0.05, 0.1) is 13.2 Å². The average molecular weight is 277 g/mol. The zero-order valence-corrected chi connectivity index (χ0v) is 11.8. The molecule has 2 heterocycles. The standard InChI is InChI=1S/C18H15NO2/c1-11-2-5-15-16(8-19-17(15)6-11)18(20)12-3-4-13-9-21-10-14(13)7-12/h2-8,19H,9-10H2,1H3. The van der Waals surface area contributed by atoms with Crippen LogP contribution in [0.15, 0.2) is 42.6 Å². The molecule has 0 bridgehead atoms. The highest BCUT2D eigenvalue weighted by molar-refractivity contribution is 6.16. The maximum absolute atomic E-state index is 12.7. The molecule has 0 fully saturated rings. The Morgan fingerprint density at radius 1 is 1.10 bits per heavy atom. The molecule has 2 aromatic carbocycles. The maximum Gasteiger partial charge on any atom is 0.195 e. The van der Waals surface area contributed by atoms with E-state index in [1.807, 2.05) is 37.3 Å². The number of aromatic nitrogens is 1. The molecule has 3 heteroatoms. The number of carbonyl (C=O) groups is 1. The Bertz CT molecular complexity index is 861. The van der Waals surface area contributed by atoms with Gasteiger partial charge in [-0.25, -0.2) is 0 Å². The highest BCUT2D eigenvalue weighted by Gasteiger charge is 2.17. The van der Waals surface area contributed by atoms with Crippen molar-refractivity contribution < 1.29 is 9.53 Å². The first-order valence-corrected chi connectivity index (χ1v) is 7.04. The summed E-state index contributed by atoms with van der Waals surface area (Å²) in [6.07, 6.45) is 1.80. The van der Waals surface area contributed by atoms with Crippen LogP contribution >= 0.6 is 0 Å². The van der Waals surface area contributed by atoms with E-state index in [9.17, 15) is 4.79 Å². The molecular weight excluding hydrogens is 262 g/mol. The second kappa shape index (κ2) is 4.57. The van der Waals surface area contributed by atoms with Crippen molar-refractivity contribution in [1.82, 2.24) is 4.98 Å². The van der Waals surface area contributed by atoms with Gasteiger partial charge < -0.3 is 9.72 Å². The predicted molar refractivity (Wildman–Crippen MR) is 81.4 cm³/mol. The molecule has 0 spiro atoms. The van der Waals surface area contributed by atoms with E-state index in [0.717, 1.165) is 27.6 Å². The molecule has 0 atom stereocenters. The van der Waals surface area contributed by atoms with Crippen molar-refractivity contribution in [1.29, 1.82) is 0 Å². The van der Waals surface area contributed by atoms with Gasteiger partial charge in [-0.3, -0.25) is 4.79 Å². The lowest BCUT2D eigenvalue weighted by Gasteiger charge is -2.03. The van der Waals surface area contributed by atoms with Gasteiger partial charge >= 0.3 is 0 Å². The van der Waals surface area contributed by atoms with Gasteiger partial charge in [0.1, 0.15) is 0 Å². The third-order valence-corrected chi connectivity index (χ3v) is 4.07. The van der Waals surface area contributed by atoms with E-state index in [4.69, 9.17) is 4.74 Å². The van der Waals surface area contributed by atoms with Gasteiger partial charge in [-0.05, 0) is 35.7 Å². The first-order chi connectivity index (χ1) is 10.2. The Morgan fingerprint density at radius 3 is 2.86 bits per heavy atom. The number of fused-ring (bicyclic) bond motifs is 2. The fourth-order valence-electron chi connectivity index (χ4n) is 2.90. The molecule has 1 aliphatic heterocycles. The van der Waals surface area contributed by atoms with Gasteiger partial charge in [-0.1, -0.05) is 24.3 Å². The molecule has 0 radical (unpaired) electrons. The fourth-order valence-corrected chi connectivity index (χ4v) is 2.90. The van der Waals surface area contributed by atoms with E-state index in [1.54, 1.807) is 6.20 Å². The number of aromatic amines is 1.